The Labute approximate surface area is 184 Å². The van der Waals surface area contributed by atoms with E-state index in [-0.39, 0.29) is 11.9 Å². The summed E-state index contributed by atoms with van der Waals surface area (Å²) in [7, 11) is 0. The Kier molecular flexibility index (Phi) is 5.51. The van der Waals surface area contributed by atoms with Gasteiger partial charge in [-0.2, -0.15) is 0 Å². The van der Waals surface area contributed by atoms with Crippen LogP contribution in [-0.4, -0.2) is 29.7 Å². The van der Waals surface area contributed by atoms with Crippen LogP contribution >= 0.6 is 11.6 Å². The van der Waals surface area contributed by atoms with E-state index in [1.165, 1.54) is 12.1 Å². The lowest BCUT2D eigenvalue weighted by atomic mass is 10.0. The number of nitrogens with one attached hydrogen (secondary N) is 2. The SMILES string of the molecule is Fc1ccc(Cl)cc1-c1cccc2cnc(Nc3ccc(C4CNCCO4)cc3)nc12. The fourth-order valence-electron chi connectivity index (χ4n) is 3.73. The highest BCUT2D eigenvalue weighted by Gasteiger charge is 2.16. The number of ether oxygens (including phenoxy) is 1. The summed E-state index contributed by atoms with van der Waals surface area (Å²) < 4.78 is 20.3. The smallest absolute Gasteiger partial charge is 0.227 e. The van der Waals surface area contributed by atoms with Gasteiger partial charge in [-0.05, 0) is 35.9 Å². The van der Waals surface area contributed by atoms with E-state index in [9.17, 15) is 4.39 Å². The summed E-state index contributed by atoms with van der Waals surface area (Å²) in [4.78, 5) is 9.08. The number of nitrogens with zero attached hydrogens (tertiary/aromatic N) is 2. The summed E-state index contributed by atoms with van der Waals surface area (Å²) in [5, 5.41) is 7.86. The number of halogens is 2. The zero-order chi connectivity index (χ0) is 21.2. The van der Waals surface area contributed by atoms with Gasteiger partial charge >= 0.3 is 0 Å². The summed E-state index contributed by atoms with van der Waals surface area (Å²) in [5.41, 5.74) is 3.71. The molecule has 1 aromatic heterocycles. The van der Waals surface area contributed by atoms with E-state index < -0.39 is 0 Å². The van der Waals surface area contributed by atoms with Gasteiger partial charge in [-0.25, -0.2) is 14.4 Å². The predicted molar refractivity (Wildman–Crippen MR) is 121 cm³/mol. The minimum Gasteiger partial charge on any atom is -0.371 e. The highest BCUT2D eigenvalue weighted by atomic mass is 35.5. The van der Waals surface area contributed by atoms with E-state index in [1.807, 2.05) is 42.5 Å². The average molecular weight is 435 g/mol. The van der Waals surface area contributed by atoms with Gasteiger partial charge in [0.25, 0.3) is 0 Å². The van der Waals surface area contributed by atoms with E-state index in [0.29, 0.717) is 34.2 Å². The van der Waals surface area contributed by atoms with Crippen molar-refractivity contribution < 1.29 is 9.13 Å². The molecule has 1 aliphatic rings. The highest BCUT2D eigenvalue weighted by molar-refractivity contribution is 6.30. The lowest BCUT2D eigenvalue weighted by Gasteiger charge is -2.24. The molecule has 4 aromatic rings. The number of fused-ring (bicyclic) bond motifs is 1. The Morgan fingerprint density at radius 3 is 2.74 bits per heavy atom. The molecule has 1 unspecified atom stereocenters. The molecule has 0 spiro atoms. The first kappa shape index (κ1) is 19.9. The van der Waals surface area contributed by atoms with Gasteiger partial charge in [-0.15, -0.1) is 0 Å². The molecule has 0 aliphatic carbocycles. The molecule has 5 nitrogen and oxygen atoms in total. The van der Waals surface area contributed by atoms with Crippen LogP contribution < -0.4 is 10.6 Å². The molecule has 1 fully saturated rings. The van der Waals surface area contributed by atoms with Crippen LogP contribution in [0.15, 0.2) is 66.9 Å². The number of anilines is 2. The van der Waals surface area contributed by atoms with Gasteiger partial charge < -0.3 is 15.4 Å². The molecule has 0 amide bonds. The van der Waals surface area contributed by atoms with E-state index in [1.54, 1.807) is 12.3 Å². The van der Waals surface area contributed by atoms with Crippen molar-refractivity contribution in [1.29, 1.82) is 0 Å². The lowest BCUT2D eigenvalue weighted by molar-refractivity contribution is 0.0277. The summed E-state index contributed by atoms with van der Waals surface area (Å²) in [5.74, 6) is 0.0887. The summed E-state index contributed by atoms with van der Waals surface area (Å²) in [6, 6.07) is 18.1. The van der Waals surface area contributed by atoms with Crippen molar-refractivity contribution in [2.45, 2.75) is 6.10 Å². The molecule has 0 bridgehead atoms. The van der Waals surface area contributed by atoms with Crippen molar-refractivity contribution in [3.8, 4) is 11.1 Å². The number of rotatable bonds is 4. The molecule has 1 aliphatic heterocycles. The maximum atomic E-state index is 14.5. The van der Waals surface area contributed by atoms with Crippen molar-refractivity contribution in [3.63, 3.8) is 0 Å². The molecule has 5 rings (SSSR count). The molecular formula is C24H20ClFN4O. The molecule has 7 heteroatoms. The van der Waals surface area contributed by atoms with Gasteiger partial charge in [0.15, 0.2) is 0 Å². The van der Waals surface area contributed by atoms with Crippen molar-refractivity contribution in [1.82, 2.24) is 15.3 Å². The van der Waals surface area contributed by atoms with Crippen LogP contribution in [0, 0.1) is 5.82 Å². The highest BCUT2D eigenvalue weighted by Crippen LogP contribution is 2.32. The summed E-state index contributed by atoms with van der Waals surface area (Å²) in [6.45, 7) is 2.41. The van der Waals surface area contributed by atoms with Crippen molar-refractivity contribution >= 4 is 34.1 Å². The maximum Gasteiger partial charge on any atom is 0.227 e. The number of morpholine rings is 1. The average Bonchev–Trinajstić information content (AvgIpc) is 2.81. The van der Waals surface area contributed by atoms with Gasteiger partial charge in [0.05, 0.1) is 18.2 Å². The molecule has 1 atom stereocenters. The molecular weight excluding hydrogens is 415 g/mol. The predicted octanol–water partition coefficient (Wildman–Crippen LogP) is 5.49. The number of hydrogen-bond donors (Lipinski definition) is 2. The fourth-order valence-corrected chi connectivity index (χ4v) is 3.90. The van der Waals surface area contributed by atoms with E-state index in [2.05, 4.69) is 20.6 Å². The third kappa shape index (κ3) is 4.23. The van der Waals surface area contributed by atoms with Crippen molar-refractivity contribution in [3.05, 3.63) is 83.3 Å². The topological polar surface area (TPSA) is 59.1 Å². The second-order valence-electron chi connectivity index (χ2n) is 7.37. The molecule has 0 radical (unpaired) electrons. The third-order valence-corrected chi connectivity index (χ3v) is 5.53. The maximum absolute atomic E-state index is 14.5. The lowest BCUT2D eigenvalue weighted by Crippen LogP contribution is -2.33. The molecule has 156 valence electrons. The van der Waals surface area contributed by atoms with Gasteiger partial charge in [0.1, 0.15) is 5.82 Å². The van der Waals surface area contributed by atoms with Gasteiger partial charge in [-0.1, -0.05) is 41.9 Å². The van der Waals surface area contributed by atoms with E-state index >= 15 is 0 Å². The summed E-state index contributed by atoms with van der Waals surface area (Å²) >= 11 is 6.10. The minimum atomic E-state index is -0.347. The number of hydrogen-bond acceptors (Lipinski definition) is 5. The Balaban J connectivity index is 1.45. The Morgan fingerprint density at radius 1 is 1.06 bits per heavy atom. The van der Waals surface area contributed by atoms with E-state index in [4.69, 9.17) is 16.3 Å². The van der Waals surface area contributed by atoms with Crippen LogP contribution in [0.1, 0.15) is 11.7 Å². The first-order chi connectivity index (χ1) is 15.2. The first-order valence-corrected chi connectivity index (χ1v) is 10.5. The normalized spacial score (nSPS) is 16.4. The quantitative estimate of drug-likeness (QED) is 0.444. The second-order valence-corrected chi connectivity index (χ2v) is 7.81. The number of para-hydroxylation sites is 1. The fraction of sp³-hybridized carbons (Fsp3) is 0.167. The molecule has 2 N–H and O–H groups in total. The van der Waals surface area contributed by atoms with Crippen LogP contribution in [0.5, 0.6) is 0 Å². The molecule has 3 aromatic carbocycles. The number of benzene rings is 3. The molecule has 1 saturated heterocycles. The van der Waals surface area contributed by atoms with Crippen LogP contribution in [-0.2, 0) is 4.74 Å². The minimum absolute atomic E-state index is 0.0647. The molecule has 2 heterocycles. The van der Waals surface area contributed by atoms with Crippen LogP contribution in [0.4, 0.5) is 16.0 Å². The van der Waals surface area contributed by atoms with Crippen LogP contribution in [0.25, 0.3) is 22.0 Å². The molecule has 0 saturated carbocycles. The van der Waals surface area contributed by atoms with Crippen LogP contribution in [0.3, 0.4) is 0 Å². The second kappa shape index (κ2) is 8.59. The summed E-state index contributed by atoms with van der Waals surface area (Å²) in [6.07, 6.45) is 1.79. The van der Waals surface area contributed by atoms with Gasteiger partial charge in [0, 0.05) is 46.5 Å². The van der Waals surface area contributed by atoms with E-state index in [0.717, 1.165) is 29.7 Å². The van der Waals surface area contributed by atoms with Crippen molar-refractivity contribution in [2.24, 2.45) is 0 Å². The Bertz CT molecular complexity index is 1230. The van der Waals surface area contributed by atoms with Gasteiger partial charge in [-0.3, -0.25) is 0 Å². The number of aromatic nitrogens is 2. The third-order valence-electron chi connectivity index (χ3n) is 5.30. The standard InChI is InChI=1S/C24H20ClFN4O/c25-17-6-9-21(26)20(12-17)19-3-1-2-16-13-28-24(30-23(16)19)29-18-7-4-15(5-8-18)22-14-27-10-11-31-22/h1-9,12-13,22,27H,10-11,14H2,(H,28,29,30). The largest absolute Gasteiger partial charge is 0.371 e. The zero-order valence-electron chi connectivity index (χ0n) is 16.6. The van der Waals surface area contributed by atoms with Crippen LogP contribution in [0.2, 0.25) is 5.02 Å². The monoisotopic (exact) mass is 434 g/mol. The van der Waals surface area contributed by atoms with Crippen molar-refractivity contribution in [2.75, 3.05) is 25.0 Å². The van der Waals surface area contributed by atoms with Gasteiger partial charge in [0.2, 0.25) is 5.95 Å². The molecule has 31 heavy (non-hydrogen) atoms. The first-order valence-electron chi connectivity index (χ1n) is 10.1. The zero-order valence-corrected chi connectivity index (χ0v) is 17.4. The Morgan fingerprint density at radius 2 is 1.94 bits per heavy atom. The Hall–Kier alpha value is -3.06.